The zero-order chi connectivity index (χ0) is 14.8. The predicted molar refractivity (Wildman–Crippen MR) is 79.2 cm³/mol. The molecule has 0 aromatic heterocycles. The number of hydrogen-bond donors (Lipinski definition) is 2. The van der Waals surface area contributed by atoms with Gasteiger partial charge in [0.1, 0.15) is 0 Å². The summed E-state index contributed by atoms with van der Waals surface area (Å²) < 4.78 is 32.6. The van der Waals surface area contributed by atoms with Gasteiger partial charge >= 0.3 is 0 Å². The highest BCUT2D eigenvalue weighted by molar-refractivity contribution is 7.89. The molecule has 1 fully saturated rings. The molecule has 1 aromatic rings. The summed E-state index contributed by atoms with van der Waals surface area (Å²) in [6, 6.07) is 4.30. The van der Waals surface area contributed by atoms with E-state index in [0.717, 1.165) is 12.8 Å². The molecule has 7 heteroatoms. The smallest absolute Gasteiger partial charge is 0.240 e. The fourth-order valence-corrected chi connectivity index (χ4v) is 3.72. The maximum absolute atomic E-state index is 12.2. The molecule has 112 valence electrons. The van der Waals surface area contributed by atoms with Gasteiger partial charge in [0.15, 0.2) is 0 Å². The Balaban J connectivity index is 2.05. The normalized spacial score (nSPS) is 23.1. The van der Waals surface area contributed by atoms with Gasteiger partial charge in [0, 0.05) is 19.1 Å². The van der Waals surface area contributed by atoms with E-state index in [0.29, 0.717) is 18.8 Å². The second-order valence-corrected chi connectivity index (χ2v) is 7.08. The highest BCUT2D eigenvalue weighted by Gasteiger charge is 2.28. The average Bonchev–Trinajstić information content (AvgIpc) is 2.87. The molecule has 2 atom stereocenters. The van der Waals surface area contributed by atoms with E-state index in [1.54, 1.807) is 0 Å². The monoisotopic (exact) mass is 318 g/mol. The van der Waals surface area contributed by atoms with Crippen LogP contribution in [0.3, 0.4) is 0 Å². The zero-order valence-corrected chi connectivity index (χ0v) is 12.9. The number of nitrogens with one attached hydrogen (secondary N) is 1. The van der Waals surface area contributed by atoms with Gasteiger partial charge in [0.25, 0.3) is 0 Å². The first kappa shape index (κ1) is 15.6. The van der Waals surface area contributed by atoms with Crippen LogP contribution in [0.1, 0.15) is 19.8 Å². The predicted octanol–water partition coefficient (Wildman–Crippen LogP) is 2.02. The summed E-state index contributed by atoms with van der Waals surface area (Å²) in [5, 5.41) is 0.239. The molecule has 2 rings (SSSR count). The van der Waals surface area contributed by atoms with Gasteiger partial charge in [-0.2, -0.15) is 0 Å². The van der Waals surface area contributed by atoms with Crippen molar-refractivity contribution in [2.45, 2.75) is 30.8 Å². The van der Waals surface area contributed by atoms with Crippen LogP contribution < -0.4 is 10.5 Å². The van der Waals surface area contributed by atoms with Crippen molar-refractivity contribution in [3.63, 3.8) is 0 Å². The summed E-state index contributed by atoms with van der Waals surface area (Å²) in [4.78, 5) is 0.128. The third-order valence-electron chi connectivity index (χ3n) is 3.57. The summed E-state index contributed by atoms with van der Waals surface area (Å²) in [5.74, 6) is 0.221. The summed E-state index contributed by atoms with van der Waals surface area (Å²) in [6.45, 7) is 3.11. The Hall–Kier alpha value is -0.820. The largest absolute Gasteiger partial charge is 0.398 e. The first-order chi connectivity index (χ1) is 9.44. The lowest BCUT2D eigenvalue weighted by molar-refractivity contribution is 0.0884. The fourth-order valence-electron chi connectivity index (χ4n) is 2.35. The molecule has 3 N–H and O–H groups in total. The number of nitrogen functional groups attached to an aromatic ring is 1. The third-order valence-corrected chi connectivity index (χ3v) is 5.32. The van der Waals surface area contributed by atoms with Crippen molar-refractivity contribution in [1.29, 1.82) is 0 Å². The highest BCUT2D eigenvalue weighted by Crippen LogP contribution is 2.25. The van der Waals surface area contributed by atoms with Crippen LogP contribution in [0.5, 0.6) is 0 Å². The van der Waals surface area contributed by atoms with Crippen molar-refractivity contribution >= 4 is 27.3 Å². The standard InChI is InChI=1S/C13H19ClN2O3S/c1-2-13-9(5-6-19-13)8-16-20(17,18)10-3-4-12(15)11(14)7-10/h3-4,7,9,13,16H,2,5-6,8,15H2,1H3. The number of hydrogen-bond acceptors (Lipinski definition) is 4. The molecule has 0 radical (unpaired) electrons. The Morgan fingerprint density at radius 2 is 2.25 bits per heavy atom. The van der Waals surface area contributed by atoms with Crippen LogP contribution in [0.15, 0.2) is 23.1 Å². The molecule has 0 bridgehead atoms. The molecule has 0 aliphatic carbocycles. The number of anilines is 1. The topological polar surface area (TPSA) is 81.4 Å². The minimum Gasteiger partial charge on any atom is -0.398 e. The summed E-state index contributed by atoms with van der Waals surface area (Å²) in [6.07, 6.45) is 1.90. The van der Waals surface area contributed by atoms with E-state index in [-0.39, 0.29) is 21.9 Å². The molecule has 1 heterocycles. The van der Waals surface area contributed by atoms with Crippen molar-refractivity contribution in [2.75, 3.05) is 18.9 Å². The molecule has 0 amide bonds. The Morgan fingerprint density at radius 1 is 1.50 bits per heavy atom. The van der Waals surface area contributed by atoms with Gasteiger partial charge in [-0.1, -0.05) is 18.5 Å². The van der Waals surface area contributed by atoms with Gasteiger partial charge < -0.3 is 10.5 Å². The van der Waals surface area contributed by atoms with Gasteiger partial charge in [-0.25, -0.2) is 13.1 Å². The molecule has 0 spiro atoms. The minimum absolute atomic E-state index is 0.128. The van der Waals surface area contributed by atoms with Crippen molar-refractivity contribution in [3.05, 3.63) is 23.2 Å². The van der Waals surface area contributed by atoms with Crippen LogP contribution in [0.4, 0.5) is 5.69 Å². The third kappa shape index (κ3) is 3.44. The van der Waals surface area contributed by atoms with Gasteiger partial charge in [-0.3, -0.25) is 0 Å². The Kier molecular flexibility index (Phi) is 4.90. The van der Waals surface area contributed by atoms with Crippen LogP contribution in [-0.2, 0) is 14.8 Å². The molecule has 1 aliphatic rings. The quantitative estimate of drug-likeness (QED) is 0.814. The van der Waals surface area contributed by atoms with E-state index in [4.69, 9.17) is 22.1 Å². The van der Waals surface area contributed by atoms with Gasteiger partial charge in [0.05, 0.1) is 21.7 Å². The van der Waals surface area contributed by atoms with E-state index in [2.05, 4.69) is 4.72 Å². The molecule has 1 aromatic carbocycles. The lowest BCUT2D eigenvalue weighted by Crippen LogP contribution is -2.32. The van der Waals surface area contributed by atoms with Crippen LogP contribution in [-0.4, -0.2) is 27.7 Å². The second kappa shape index (κ2) is 6.30. The lowest BCUT2D eigenvalue weighted by Gasteiger charge is -2.17. The molecule has 0 saturated carbocycles. The van der Waals surface area contributed by atoms with Crippen LogP contribution in [0, 0.1) is 5.92 Å². The van der Waals surface area contributed by atoms with Crippen molar-refractivity contribution in [3.8, 4) is 0 Å². The van der Waals surface area contributed by atoms with E-state index in [1.807, 2.05) is 6.92 Å². The first-order valence-corrected chi connectivity index (χ1v) is 8.46. The van der Waals surface area contributed by atoms with Gasteiger partial charge in [0.2, 0.25) is 10.0 Å². The summed E-state index contributed by atoms with van der Waals surface area (Å²) in [5.41, 5.74) is 5.94. The maximum atomic E-state index is 12.2. The lowest BCUT2D eigenvalue weighted by atomic mass is 10.0. The van der Waals surface area contributed by atoms with Crippen molar-refractivity contribution < 1.29 is 13.2 Å². The van der Waals surface area contributed by atoms with Crippen LogP contribution >= 0.6 is 11.6 Å². The molecular weight excluding hydrogens is 300 g/mol. The molecule has 20 heavy (non-hydrogen) atoms. The van der Waals surface area contributed by atoms with E-state index >= 15 is 0 Å². The average molecular weight is 319 g/mol. The summed E-state index contributed by atoms with van der Waals surface area (Å²) >= 11 is 5.86. The maximum Gasteiger partial charge on any atom is 0.240 e. The van der Waals surface area contributed by atoms with Gasteiger partial charge in [-0.15, -0.1) is 0 Å². The molecular formula is C13H19ClN2O3S. The summed E-state index contributed by atoms with van der Waals surface area (Å²) in [7, 11) is -3.56. The number of benzene rings is 1. The molecule has 2 unspecified atom stereocenters. The number of halogens is 1. The second-order valence-electron chi connectivity index (χ2n) is 4.90. The Morgan fingerprint density at radius 3 is 2.90 bits per heavy atom. The minimum atomic E-state index is -3.56. The highest BCUT2D eigenvalue weighted by atomic mass is 35.5. The van der Waals surface area contributed by atoms with E-state index < -0.39 is 10.0 Å². The SMILES string of the molecule is CCC1OCCC1CNS(=O)(=O)c1ccc(N)c(Cl)c1. The molecule has 1 aliphatic heterocycles. The number of rotatable bonds is 5. The Labute approximate surface area is 124 Å². The van der Waals surface area contributed by atoms with Crippen molar-refractivity contribution in [1.82, 2.24) is 4.72 Å². The van der Waals surface area contributed by atoms with Gasteiger partial charge in [-0.05, 0) is 31.0 Å². The zero-order valence-electron chi connectivity index (χ0n) is 11.3. The molecule has 1 saturated heterocycles. The van der Waals surface area contributed by atoms with E-state index in [9.17, 15) is 8.42 Å². The first-order valence-electron chi connectivity index (χ1n) is 6.60. The van der Waals surface area contributed by atoms with Crippen LogP contribution in [0.2, 0.25) is 5.02 Å². The fraction of sp³-hybridized carbons (Fsp3) is 0.538. The van der Waals surface area contributed by atoms with Crippen LogP contribution in [0.25, 0.3) is 0 Å². The van der Waals surface area contributed by atoms with Crippen molar-refractivity contribution in [2.24, 2.45) is 5.92 Å². The van der Waals surface area contributed by atoms with E-state index in [1.165, 1.54) is 18.2 Å². The Bertz CT molecular complexity index is 577. The number of ether oxygens (including phenoxy) is 1. The number of sulfonamides is 1. The molecule has 5 nitrogen and oxygen atoms in total. The number of nitrogens with two attached hydrogens (primary N) is 1.